The van der Waals surface area contributed by atoms with Crippen LogP contribution in [0.2, 0.25) is 0 Å². The van der Waals surface area contributed by atoms with Gasteiger partial charge in [0, 0.05) is 25.2 Å². The highest BCUT2D eigenvalue weighted by Crippen LogP contribution is 2.34. The van der Waals surface area contributed by atoms with Gasteiger partial charge >= 0.3 is 12.0 Å². The van der Waals surface area contributed by atoms with Crippen LogP contribution in [0.1, 0.15) is 52.9 Å². The number of carboxylic acids is 1. The van der Waals surface area contributed by atoms with Crippen LogP contribution in [0.15, 0.2) is 0 Å². The van der Waals surface area contributed by atoms with Crippen molar-refractivity contribution in [3.63, 3.8) is 0 Å². The van der Waals surface area contributed by atoms with Crippen molar-refractivity contribution < 1.29 is 14.7 Å². The topological polar surface area (TPSA) is 60.9 Å². The van der Waals surface area contributed by atoms with Crippen LogP contribution in [0.4, 0.5) is 4.79 Å². The largest absolute Gasteiger partial charge is 0.481 e. The number of hydrogen-bond donors (Lipinski definition) is 1. The molecule has 2 aliphatic rings. The lowest BCUT2D eigenvalue weighted by molar-refractivity contribution is -0.137. The second-order valence-corrected chi connectivity index (χ2v) is 7.54. The van der Waals surface area contributed by atoms with E-state index in [1.54, 1.807) is 4.90 Å². The Bertz CT molecular complexity index is 381. The van der Waals surface area contributed by atoms with Crippen LogP contribution in [0.3, 0.4) is 0 Å². The average Bonchev–Trinajstić information content (AvgIpc) is 3.20. The van der Waals surface area contributed by atoms with Gasteiger partial charge in [0.2, 0.25) is 0 Å². The van der Waals surface area contributed by atoms with Crippen LogP contribution in [0, 0.1) is 11.8 Å². The first-order valence-electron chi connectivity index (χ1n) is 8.05. The Morgan fingerprint density at radius 1 is 1.05 bits per heavy atom. The standard InChI is InChI=1S/C16H28N2O3/c1-16(2,3)18(9-8-14(19)20)15(21)17(10-12-4-5-12)11-13-6-7-13/h12-13H,4-11H2,1-3H3,(H,19,20). The van der Waals surface area contributed by atoms with Gasteiger partial charge in [-0.05, 0) is 58.3 Å². The monoisotopic (exact) mass is 296 g/mol. The number of carbonyl (C=O) groups excluding carboxylic acids is 1. The molecule has 21 heavy (non-hydrogen) atoms. The Morgan fingerprint density at radius 2 is 1.52 bits per heavy atom. The van der Waals surface area contributed by atoms with Crippen molar-refractivity contribution in [3.8, 4) is 0 Å². The van der Waals surface area contributed by atoms with Gasteiger partial charge in [0.05, 0.1) is 6.42 Å². The molecule has 0 aromatic carbocycles. The summed E-state index contributed by atoms with van der Waals surface area (Å²) in [6, 6.07) is 0.0163. The molecule has 0 aromatic rings. The van der Waals surface area contributed by atoms with Crippen molar-refractivity contribution in [2.45, 2.75) is 58.4 Å². The van der Waals surface area contributed by atoms with Crippen LogP contribution in [0.5, 0.6) is 0 Å². The van der Waals surface area contributed by atoms with E-state index in [0.717, 1.165) is 13.1 Å². The van der Waals surface area contributed by atoms with Crippen LogP contribution in [-0.4, -0.2) is 52.1 Å². The molecule has 0 unspecified atom stereocenters. The first-order valence-corrected chi connectivity index (χ1v) is 8.05. The number of amides is 2. The van der Waals surface area contributed by atoms with Gasteiger partial charge in [0.15, 0.2) is 0 Å². The van der Waals surface area contributed by atoms with Gasteiger partial charge in [-0.3, -0.25) is 4.79 Å². The number of nitrogens with zero attached hydrogens (tertiary/aromatic N) is 2. The first-order chi connectivity index (χ1) is 9.77. The lowest BCUT2D eigenvalue weighted by atomic mass is 10.1. The van der Waals surface area contributed by atoms with E-state index in [1.807, 2.05) is 25.7 Å². The van der Waals surface area contributed by atoms with Crippen molar-refractivity contribution in [2.75, 3.05) is 19.6 Å². The van der Waals surface area contributed by atoms with Gasteiger partial charge in [0.25, 0.3) is 0 Å². The minimum absolute atomic E-state index is 0.00368. The molecule has 0 atom stereocenters. The summed E-state index contributed by atoms with van der Waals surface area (Å²) in [6.45, 7) is 7.88. The van der Waals surface area contributed by atoms with Gasteiger partial charge in [-0.25, -0.2) is 4.79 Å². The third-order valence-corrected chi connectivity index (χ3v) is 4.21. The van der Waals surface area contributed by atoms with Crippen LogP contribution in [-0.2, 0) is 4.79 Å². The summed E-state index contributed by atoms with van der Waals surface area (Å²) in [5, 5.41) is 8.91. The number of hydrogen-bond acceptors (Lipinski definition) is 2. The molecule has 0 radical (unpaired) electrons. The third kappa shape index (κ3) is 5.21. The third-order valence-electron chi connectivity index (χ3n) is 4.21. The normalized spacial score (nSPS) is 18.4. The van der Waals surface area contributed by atoms with E-state index in [9.17, 15) is 9.59 Å². The quantitative estimate of drug-likeness (QED) is 0.786. The fourth-order valence-electron chi connectivity index (χ4n) is 2.55. The molecule has 0 bridgehead atoms. The first kappa shape index (κ1) is 16.1. The molecule has 5 nitrogen and oxygen atoms in total. The molecule has 5 heteroatoms. The molecule has 0 saturated heterocycles. The molecule has 0 heterocycles. The van der Waals surface area contributed by atoms with E-state index in [4.69, 9.17) is 5.11 Å². The van der Waals surface area contributed by atoms with Crippen LogP contribution in [0.25, 0.3) is 0 Å². The molecule has 2 amide bonds. The van der Waals surface area contributed by atoms with Gasteiger partial charge in [-0.15, -0.1) is 0 Å². The van der Waals surface area contributed by atoms with Gasteiger partial charge in [-0.2, -0.15) is 0 Å². The number of aliphatic carboxylic acids is 1. The molecular formula is C16H28N2O3. The molecule has 2 aliphatic carbocycles. The molecule has 0 spiro atoms. The second-order valence-electron chi connectivity index (χ2n) is 7.54. The van der Waals surface area contributed by atoms with E-state index in [-0.39, 0.29) is 24.5 Å². The highest BCUT2D eigenvalue weighted by Gasteiger charge is 2.36. The second kappa shape index (κ2) is 6.24. The fraction of sp³-hybridized carbons (Fsp3) is 0.875. The number of carboxylic acid groups (broad SMARTS) is 1. The zero-order valence-electron chi connectivity index (χ0n) is 13.5. The summed E-state index contributed by atoms with van der Waals surface area (Å²) in [5.41, 5.74) is -0.349. The molecule has 2 rings (SSSR count). The summed E-state index contributed by atoms with van der Waals surface area (Å²) in [6.07, 6.45) is 4.89. The van der Waals surface area contributed by atoms with Crippen molar-refractivity contribution in [1.29, 1.82) is 0 Å². The summed E-state index contributed by atoms with van der Waals surface area (Å²) < 4.78 is 0. The molecule has 120 valence electrons. The van der Waals surface area contributed by atoms with E-state index >= 15 is 0 Å². The minimum Gasteiger partial charge on any atom is -0.481 e. The molecular weight excluding hydrogens is 268 g/mol. The van der Waals surface area contributed by atoms with E-state index in [2.05, 4.69) is 0 Å². The number of carbonyl (C=O) groups is 2. The predicted molar refractivity (Wildman–Crippen MR) is 81.1 cm³/mol. The van der Waals surface area contributed by atoms with Crippen molar-refractivity contribution >= 4 is 12.0 Å². The van der Waals surface area contributed by atoms with Gasteiger partial charge in [0.1, 0.15) is 0 Å². The fourth-order valence-corrected chi connectivity index (χ4v) is 2.55. The van der Waals surface area contributed by atoms with E-state index < -0.39 is 5.97 Å². The highest BCUT2D eigenvalue weighted by atomic mass is 16.4. The minimum atomic E-state index is -0.854. The summed E-state index contributed by atoms with van der Waals surface area (Å²) in [4.78, 5) is 27.4. The maximum atomic E-state index is 12.9. The number of rotatable bonds is 7. The summed E-state index contributed by atoms with van der Waals surface area (Å²) >= 11 is 0. The maximum absolute atomic E-state index is 12.9. The summed E-state index contributed by atoms with van der Waals surface area (Å²) in [5.74, 6) is 0.468. The predicted octanol–water partition coefficient (Wildman–Crippen LogP) is 2.80. The zero-order valence-corrected chi connectivity index (χ0v) is 13.5. The number of urea groups is 1. The Morgan fingerprint density at radius 3 is 1.86 bits per heavy atom. The average molecular weight is 296 g/mol. The van der Waals surface area contributed by atoms with E-state index in [0.29, 0.717) is 11.8 Å². The van der Waals surface area contributed by atoms with Crippen molar-refractivity contribution in [3.05, 3.63) is 0 Å². The molecule has 2 fully saturated rings. The Hall–Kier alpha value is -1.26. The molecule has 2 saturated carbocycles. The van der Waals surface area contributed by atoms with Gasteiger partial charge in [-0.1, -0.05) is 0 Å². The van der Waals surface area contributed by atoms with Crippen LogP contribution >= 0.6 is 0 Å². The van der Waals surface area contributed by atoms with Crippen LogP contribution < -0.4 is 0 Å². The lowest BCUT2D eigenvalue weighted by Crippen LogP contribution is -2.53. The Balaban J connectivity index is 2.02. The summed E-state index contributed by atoms with van der Waals surface area (Å²) in [7, 11) is 0. The molecule has 1 N–H and O–H groups in total. The smallest absolute Gasteiger partial charge is 0.320 e. The zero-order chi connectivity index (χ0) is 15.6. The molecule has 0 aromatic heterocycles. The Labute approximate surface area is 127 Å². The lowest BCUT2D eigenvalue weighted by Gasteiger charge is -2.39. The van der Waals surface area contributed by atoms with Gasteiger partial charge < -0.3 is 14.9 Å². The highest BCUT2D eigenvalue weighted by molar-refractivity contribution is 5.76. The van der Waals surface area contributed by atoms with E-state index in [1.165, 1.54) is 25.7 Å². The Kier molecular flexibility index (Phi) is 4.79. The van der Waals surface area contributed by atoms with Crippen molar-refractivity contribution in [2.24, 2.45) is 11.8 Å². The molecule has 0 aliphatic heterocycles. The maximum Gasteiger partial charge on any atom is 0.320 e. The van der Waals surface area contributed by atoms with Crippen molar-refractivity contribution in [1.82, 2.24) is 9.80 Å². The SMILES string of the molecule is CC(C)(C)N(CCC(=O)O)C(=O)N(CC1CC1)CC1CC1.